The Morgan fingerprint density at radius 1 is 1.14 bits per heavy atom. The van der Waals surface area contributed by atoms with Crippen molar-refractivity contribution in [2.45, 2.75) is 19.6 Å². The van der Waals surface area contributed by atoms with Gasteiger partial charge in [0.1, 0.15) is 12.3 Å². The van der Waals surface area contributed by atoms with Gasteiger partial charge in [-0.2, -0.15) is 8.78 Å². The number of aromatic nitrogens is 2. The third kappa shape index (κ3) is 5.23. The van der Waals surface area contributed by atoms with Gasteiger partial charge in [-0.25, -0.2) is 9.78 Å². The average molecular weight is 385 g/mol. The van der Waals surface area contributed by atoms with Crippen LogP contribution in [0.2, 0.25) is 0 Å². The highest BCUT2D eigenvalue weighted by atomic mass is 19.3. The number of anilines is 1. The lowest BCUT2D eigenvalue weighted by Crippen LogP contribution is -2.28. The maximum absolute atomic E-state index is 12.7. The minimum Gasteiger partial charge on any atom is -0.435 e. The van der Waals surface area contributed by atoms with Gasteiger partial charge < -0.3 is 10.1 Å². The number of hydrogen-bond acceptors (Lipinski definition) is 4. The van der Waals surface area contributed by atoms with E-state index >= 15 is 0 Å². The SMILES string of the molecule is O=C(Cn1cccnc1=O)Nc1ccc(OC(F)F)c(Cc2ccccc2)c1. The van der Waals surface area contributed by atoms with E-state index in [1.807, 2.05) is 30.3 Å². The van der Waals surface area contributed by atoms with E-state index in [0.29, 0.717) is 17.7 Å². The molecule has 0 aliphatic carbocycles. The van der Waals surface area contributed by atoms with Crippen LogP contribution in [0.15, 0.2) is 71.8 Å². The fourth-order valence-electron chi connectivity index (χ4n) is 2.68. The van der Waals surface area contributed by atoms with E-state index in [0.717, 1.165) is 10.1 Å². The van der Waals surface area contributed by atoms with E-state index in [9.17, 15) is 18.4 Å². The first-order valence-corrected chi connectivity index (χ1v) is 8.44. The zero-order valence-electron chi connectivity index (χ0n) is 14.7. The number of hydrogen-bond donors (Lipinski definition) is 1. The summed E-state index contributed by atoms with van der Waals surface area (Å²) in [6.45, 7) is -3.16. The monoisotopic (exact) mass is 385 g/mol. The normalized spacial score (nSPS) is 10.7. The molecule has 6 nitrogen and oxygen atoms in total. The first-order chi connectivity index (χ1) is 13.5. The van der Waals surface area contributed by atoms with E-state index in [-0.39, 0.29) is 12.3 Å². The van der Waals surface area contributed by atoms with Crippen molar-refractivity contribution in [3.63, 3.8) is 0 Å². The Labute approximate surface area is 159 Å². The topological polar surface area (TPSA) is 73.2 Å². The van der Waals surface area contributed by atoms with Crippen molar-refractivity contribution in [2.24, 2.45) is 0 Å². The minimum atomic E-state index is -2.95. The fraction of sp³-hybridized carbons (Fsp3) is 0.150. The second-order valence-corrected chi connectivity index (χ2v) is 5.94. The van der Waals surface area contributed by atoms with Crippen LogP contribution >= 0.6 is 0 Å². The Balaban J connectivity index is 1.79. The third-order valence-corrected chi connectivity index (χ3v) is 3.89. The van der Waals surface area contributed by atoms with E-state index in [2.05, 4.69) is 15.0 Å². The number of carbonyl (C=O) groups is 1. The summed E-state index contributed by atoms with van der Waals surface area (Å²) in [6, 6.07) is 15.3. The molecule has 1 aromatic heterocycles. The summed E-state index contributed by atoms with van der Waals surface area (Å²) in [5.74, 6) is -0.399. The molecular formula is C20H17F2N3O3. The van der Waals surface area contributed by atoms with E-state index in [1.54, 1.807) is 12.1 Å². The lowest BCUT2D eigenvalue weighted by molar-refractivity contribution is -0.116. The van der Waals surface area contributed by atoms with Crippen LogP contribution in [0.5, 0.6) is 5.75 Å². The zero-order valence-corrected chi connectivity index (χ0v) is 14.7. The fourth-order valence-corrected chi connectivity index (χ4v) is 2.68. The molecule has 28 heavy (non-hydrogen) atoms. The predicted molar refractivity (Wildman–Crippen MR) is 99.4 cm³/mol. The third-order valence-electron chi connectivity index (χ3n) is 3.89. The van der Waals surface area contributed by atoms with Crippen LogP contribution in [0.25, 0.3) is 0 Å². The number of amides is 1. The molecule has 0 aliphatic rings. The van der Waals surface area contributed by atoms with Crippen molar-refractivity contribution >= 4 is 11.6 Å². The molecule has 0 saturated carbocycles. The maximum atomic E-state index is 12.7. The van der Waals surface area contributed by atoms with E-state index < -0.39 is 18.2 Å². The quantitative estimate of drug-likeness (QED) is 0.678. The van der Waals surface area contributed by atoms with Crippen LogP contribution in [0.3, 0.4) is 0 Å². The molecule has 3 rings (SSSR count). The molecule has 0 aliphatic heterocycles. The van der Waals surface area contributed by atoms with E-state index in [1.165, 1.54) is 24.5 Å². The lowest BCUT2D eigenvalue weighted by Gasteiger charge is -2.14. The van der Waals surface area contributed by atoms with Gasteiger partial charge in [-0.3, -0.25) is 9.36 Å². The number of halogens is 2. The Bertz CT molecular complexity index is 1010. The molecule has 1 N–H and O–H groups in total. The Morgan fingerprint density at radius 3 is 2.64 bits per heavy atom. The van der Waals surface area contributed by atoms with Gasteiger partial charge in [0.05, 0.1) is 0 Å². The van der Waals surface area contributed by atoms with Crippen molar-refractivity contribution in [3.8, 4) is 5.75 Å². The first-order valence-electron chi connectivity index (χ1n) is 8.44. The Hall–Kier alpha value is -3.55. The lowest BCUT2D eigenvalue weighted by atomic mass is 10.0. The highest BCUT2D eigenvalue weighted by Gasteiger charge is 2.13. The highest BCUT2D eigenvalue weighted by Crippen LogP contribution is 2.27. The zero-order chi connectivity index (χ0) is 19.9. The summed E-state index contributed by atoms with van der Waals surface area (Å²) < 4.78 is 31.2. The molecule has 0 bridgehead atoms. The van der Waals surface area contributed by atoms with Gasteiger partial charge in [-0.05, 0) is 29.8 Å². The summed E-state index contributed by atoms with van der Waals surface area (Å²) in [7, 11) is 0. The second kappa shape index (κ2) is 8.90. The van der Waals surface area contributed by atoms with Crippen molar-refractivity contribution in [1.29, 1.82) is 0 Å². The van der Waals surface area contributed by atoms with Crippen LogP contribution in [0.1, 0.15) is 11.1 Å². The molecule has 3 aromatic rings. The van der Waals surface area contributed by atoms with Gasteiger partial charge in [0.2, 0.25) is 5.91 Å². The van der Waals surface area contributed by atoms with Crippen molar-refractivity contribution in [3.05, 3.63) is 88.6 Å². The summed E-state index contributed by atoms with van der Waals surface area (Å²) in [5, 5.41) is 2.65. The Morgan fingerprint density at radius 2 is 1.93 bits per heavy atom. The van der Waals surface area contributed by atoms with Gasteiger partial charge >= 0.3 is 12.3 Å². The van der Waals surface area contributed by atoms with Crippen LogP contribution in [0, 0.1) is 0 Å². The molecule has 1 amide bonds. The van der Waals surface area contributed by atoms with Crippen LogP contribution < -0.4 is 15.7 Å². The molecule has 0 saturated heterocycles. The largest absolute Gasteiger partial charge is 0.435 e. The van der Waals surface area contributed by atoms with Gasteiger partial charge in [-0.1, -0.05) is 30.3 Å². The summed E-state index contributed by atoms with van der Waals surface area (Å²) >= 11 is 0. The molecule has 1 heterocycles. The molecular weight excluding hydrogens is 368 g/mol. The van der Waals surface area contributed by atoms with E-state index in [4.69, 9.17) is 0 Å². The molecule has 0 fully saturated rings. The number of nitrogens with zero attached hydrogens (tertiary/aromatic N) is 2. The molecule has 8 heteroatoms. The molecule has 0 unspecified atom stereocenters. The molecule has 0 atom stereocenters. The van der Waals surface area contributed by atoms with Crippen molar-refractivity contribution < 1.29 is 18.3 Å². The Kier molecular flexibility index (Phi) is 6.11. The number of alkyl halides is 2. The average Bonchev–Trinajstić information content (AvgIpc) is 2.66. The smallest absolute Gasteiger partial charge is 0.387 e. The summed E-state index contributed by atoms with van der Waals surface area (Å²) in [6.07, 6.45) is 3.15. The van der Waals surface area contributed by atoms with Crippen molar-refractivity contribution in [1.82, 2.24) is 9.55 Å². The van der Waals surface area contributed by atoms with Gasteiger partial charge in [0, 0.05) is 30.1 Å². The predicted octanol–water partition coefficient (Wildman–Crippen LogP) is 3.07. The molecule has 0 radical (unpaired) electrons. The van der Waals surface area contributed by atoms with Gasteiger partial charge in [0.15, 0.2) is 0 Å². The summed E-state index contributed by atoms with van der Waals surface area (Å²) in [5.41, 5.74) is 1.28. The standard InChI is InChI=1S/C20H17F2N3O3/c21-19(22)28-17-8-7-16(12-15(17)11-14-5-2-1-3-6-14)24-18(26)13-25-10-4-9-23-20(25)27/h1-10,12,19H,11,13H2,(H,24,26). The van der Waals surface area contributed by atoms with Crippen LogP contribution in [0.4, 0.5) is 14.5 Å². The van der Waals surface area contributed by atoms with Gasteiger partial charge in [-0.15, -0.1) is 0 Å². The number of ether oxygens (including phenoxy) is 1. The van der Waals surface area contributed by atoms with Crippen molar-refractivity contribution in [2.75, 3.05) is 5.32 Å². The van der Waals surface area contributed by atoms with Crippen LogP contribution in [-0.2, 0) is 17.8 Å². The number of benzene rings is 2. The second-order valence-electron chi connectivity index (χ2n) is 5.94. The molecule has 0 spiro atoms. The van der Waals surface area contributed by atoms with Gasteiger partial charge in [0.25, 0.3) is 0 Å². The minimum absolute atomic E-state index is 0.0420. The number of nitrogens with one attached hydrogen (secondary N) is 1. The first kappa shape index (κ1) is 19.2. The number of carbonyl (C=O) groups excluding carboxylic acids is 1. The molecule has 144 valence electrons. The molecule has 2 aromatic carbocycles. The number of rotatable bonds is 7. The van der Waals surface area contributed by atoms with Crippen LogP contribution in [-0.4, -0.2) is 22.1 Å². The maximum Gasteiger partial charge on any atom is 0.387 e. The summed E-state index contributed by atoms with van der Waals surface area (Å²) in [4.78, 5) is 27.4. The highest BCUT2D eigenvalue weighted by molar-refractivity contribution is 5.90.